The van der Waals surface area contributed by atoms with Gasteiger partial charge in [-0.3, -0.25) is 4.79 Å². The Hall–Kier alpha value is -1.35. The first-order valence-electron chi connectivity index (χ1n) is 6.17. The minimum absolute atomic E-state index is 0.0111. The van der Waals surface area contributed by atoms with Crippen molar-refractivity contribution in [1.82, 2.24) is 5.32 Å². The maximum absolute atomic E-state index is 11.2. The van der Waals surface area contributed by atoms with Crippen LogP contribution in [0.25, 0.3) is 0 Å². The average molecular weight is 234 g/mol. The van der Waals surface area contributed by atoms with Crippen LogP contribution < -0.4 is 11.1 Å². The molecular formula is C14H22N2O. The molecule has 17 heavy (non-hydrogen) atoms. The van der Waals surface area contributed by atoms with E-state index in [1.54, 1.807) is 0 Å². The second-order valence-electron chi connectivity index (χ2n) is 4.47. The zero-order valence-corrected chi connectivity index (χ0v) is 10.9. The van der Waals surface area contributed by atoms with Crippen LogP contribution >= 0.6 is 0 Å². The van der Waals surface area contributed by atoms with Gasteiger partial charge in [0, 0.05) is 0 Å². The summed E-state index contributed by atoms with van der Waals surface area (Å²) in [5.74, 6) is 0.460. The second kappa shape index (κ2) is 6.40. The fourth-order valence-electron chi connectivity index (χ4n) is 1.73. The van der Waals surface area contributed by atoms with Crippen LogP contribution in [0.1, 0.15) is 50.3 Å². The average Bonchev–Trinajstić information content (AvgIpc) is 2.37. The van der Waals surface area contributed by atoms with Gasteiger partial charge in [-0.05, 0) is 30.4 Å². The van der Waals surface area contributed by atoms with E-state index in [4.69, 9.17) is 5.73 Å². The van der Waals surface area contributed by atoms with Crippen LogP contribution in [0, 0.1) is 0 Å². The van der Waals surface area contributed by atoms with Gasteiger partial charge in [-0.15, -0.1) is 0 Å². The molecule has 3 heteroatoms. The number of hydrogen-bond donors (Lipinski definition) is 2. The number of nitrogens with two attached hydrogens (primary N) is 1. The topological polar surface area (TPSA) is 55.1 Å². The van der Waals surface area contributed by atoms with Crippen LogP contribution in [0.5, 0.6) is 0 Å². The van der Waals surface area contributed by atoms with Gasteiger partial charge in [0.25, 0.3) is 0 Å². The molecule has 1 aromatic carbocycles. The molecule has 1 amide bonds. The lowest BCUT2D eigenvalue weighted by atomic mass is 9.96. The lowest BCUT2D eigenvalue weighted by molar-refractivity contribution is -0.120. The number of carbonyl (C=O) groups is 1. The molecule has 3 N–H and O–H groups in total. The highest BCUT2D eigenvalue weighted by Crippen LogP contribution is 2.21. The van der Waals surface area contributed by atoms with Crippen molar-refractivity contribution in [3.63, 3.8) is 0 Å². The monoisotopic (exact) mass is 234 g/mol. The number of hydrogen-bond acceptors (Lipinski definition) is 2. The van der Waals surface area contributed by atoms with Crippen molar-refractivity contribution < 1.29 is 4.79 Å². The van der Waals surface area contributed by atoms with Crippen molar-refractivity contribution in [2.24, 2.45) is 5.73 Å². The summed E-state index contributed by atoms with van der Waals surface area (Å²) >= 11 is 0. The molecule has 0 aliphatic rings. The van der Waals surface area contributed by atoms with E-state index in [0.717, 1.165) is 12.0 Å². The largest absolute Gasteiger partial charge is 0.348 e. The van der Waals surface area contributed by atoms with Crippen LogP contribution in [0.4, 0.5) is 0 Å². The fraction of sp³-hybridized carbons (Fsp3) is 0.500. The molecule has 0 radical (unpaired) electrons. The van der Waals surface area contributed by atoms with Crippen LogP contribution in [0.2, 0.25) is 0 Å². The minimum atomic E-state index is -0.122. The summed E-state index contributed by atoms with van der Waals surface area (Å²) in [6, 6.07) is 8.42. The van der Waals surface area contributed by atoms with Crippen LogP contribution in [0.3, 0.4) is 0 Å². The Kier molecular flexibility index (Phi) is 5.16. The van der Waals surface area contributed by atoms with Crippen molar-refractivity contribution in [2.45, 2.75) is 39.2 Å². The number of carbonyl (C=O) groups excluding carboxylic acids is 1. The molecule has 0 bridgehead atoms. The molecule has 0 aliphatic heterocycles. The van der Waals surface area contributed by atoms with E-state index in [1.165, 1.54) is 5.56 Å². The molecule has 2 unspecified atom stereocenters. The smallest absolute Gasteiger partial charge is 0.234 e. The molecule has 94 valence electrons. The molecule has 3 nitrogen and oxygen atoms in total. The Morgan fingerprint density at radius 2 is 1.76 bits per heavy atom. The molecule has 1 rings (SSSR count). The summed E-state index contributed by atoms with van der Waals surface area (Å²) < 4.78 is 0. The van der Waals surface area contributed by atoms with Gasteiger partial charge < -0.3 is 11.1 Å². The lowest BCUT2D eigenvalue weighted by Crippen LogP contribution is -2.32. The third-order valence-electron chi connectivity index (χ3n) is 3.18. The Labute approximate surface area is 103 Å². The molecule has 0 aliphatic carbocycles. The van der Waals surface area contributed by atoms with Gasteiger partial charge in [-0.25, -0.2) is 0 Å². The number of nitrogens with one attached hydrogen (secondary N) is 1. The Morgan fingerprint density at radius 1 is 1.24 bits per heavy atom. The molecule has 0 fully saturated rings. The van der Waals surface area contributed by atoms with E-state index < -0.39 is 0 Å². The van der Waals surface area contributed by atoms with Gasteiger partial charge in [-0.2, -0.15) is 0 Å². The second-order valence-corrected chi connectivity index (χ2v) is 4.47. The Balaban J connectivity index is 2.70. The van der Waals surface area contributed by atoms with E-state index in [9.17, 15) is 4.79 Å². The normalized spacial score (nSPS) is 14.1. The van der Waals surface area contributed by atoms with E-state index in [0.29, 0.717) is 5.92 Å². The van der Waals surface area contributed by atoms with Crippen molar-refractivity contribution in [1.29, 1.82) is 0 Å². The molecular weight excluding hydrogens is 212 g/mol. The predicted octanol–water partition coefficient (Wildman–Crippen LogP) is 2.34. The standard InChI is InChI=1S/C14H22N2O/c1-4-10(2)12-5-7-13(8-6-12)11(3)16-14(17)9-15/h5-8,10-11H,4,9,15H2,1-3H3,(H,16,17). The molecule has 0 spiro atoms. The summed E-state index contributed by atoms with van der Waals surface area (Å²) in [5, 5.41) is 2.84. The predicted molar refractivity (Wildman–Crippen MR) is 70.8 cm³/mol. The van der Waals surface area contributed by atoms with E-state index in [-0.39, 0.29) is 18.5 Å². The number of amides is 1. The van der Waals surface area contributed by atoms with Gasteiger partial charge in [0.1, 0.15) is 0 Å². The SMILES string of the molecule is CCC(C)c1ccc(C(C)NC(=O)CN)cc1. The molecule has 1 aromatic rings. The fourth-order valence-corrected chi connectivity index (χ4v) is 1.73. The van der Waals surface area contributed by atoms with Gasteiger partial charge in [-0.1, -0.05) is 38.1 Å². The van der Waals surface area contributed by atoms with E-state index >= 15 is 0 Å². The maximum Gasteiger partial charge on any atom is 0.234 e. The quantitative estimate of drug-likeness (QED) is 0.821. The summed E-state index contributed by atoms with van der Waals surface area (Å²) in [5.41, 5.74) is 7.72. The molecule has 2 atom stereocenters. The summed E-state index contributed by atoms with van der Waals surface area (Å²) in [4.78, 5) is 11.2. The Bertz CT molecular complexity index is 359. The summed E-state index contributed by atoms with van der Waals surface area (Å²) in [6.07, 6.45) is 1.14. The van der Waals surface area contributed by atoms with Crippen molar-refractivity contribution in [2.75, 3.05) is 6.54 Å². The maximum atomic E-state index is 11.2. The highest BCUT2D eigenvalue weighted by Gasteiger charge is 2.09. The van der Waals surface area contributed by atoms with E-state index in [2.05, 4.69) is 43.4 Å². The highest BCUT2D eigenvalue weighted by atomic mass is 16.1. The highest BCUT2D eigenvalue weighted by molar-refractivity contribution is 5.78. The summed E-state index contributed by atoms with van der Waals surface area (Å²) in [7, 11) is 0. The van der Waals surface area contributed by atoms with Gasteiger partial charge in [0.2, 0.25) is 5.91 Å². The van der Waals surface area contributed by atoms with Crippen molar-refractivity contribution in [3.05, 3.63) is 35.4 Å². The zero-order chi connectivity index (χ0) is 12.8. The first-order valence-corrected chi connectivity index (χ1v) is 6.17. The Morgan fingerprint density at radius 3 is 2.24 bits per heavy atom. The number of rotatable bonds is 5. The molecule has 0 saturated carbocycles. The molecule has 0 aromatic heterocycles. The van der Waals surface area contributed by atoms with Crippen LogP contribution in [-0.2, 0) is 4.79 Å². The molecule has 0 saturated heterocycles. The third kappa shape index (κ3) is 3.86. The van der Waals surface area contributed by atoms with Gasteiger partial charge in [0.05, 0.1) is 12.6 Å². The first-order chi connectivity index (χ1) is 8.08. The van der Waals surface area contributed by atoms with Crippen molar-refractivity contribution >= 4 is 5.91 Å². The van der Waals surface area contributed by atoms with Crippen LogP contribution in [0.15, 0.2) is 24.3 Å². The van der Waals surface area contributed by atoms with Crippen molar-refractivity contribution in [3.8, 4) is 0 Å². The van der Waals surface area contributed by atoms with E-state index in [1.807, 2.05) is 6.92 Å². The van der Waals surface area contributed by atoms with Gasteiger partial charge in [0.15, 0.2) is 0 Å². The lowest BCUT2D eigenvalue weighted by Gasteiger charge is -2.15. The minimum Gasteiger partial charge on any atom is -0.348 e. The van der Waals surface area contributed by atoms with Gasteiger partial charge >= 0.3 is 0 Å². The number of benzene rings is 1. The molecule has 0 heterocycles. The summed E-state index contributed by atoms with van der Waals surface area (Å²) in [6.45, 7) is 6.40. The zero-order valence-electron chi connectivity index (χ0n) is 10.9. The van der Waals surface area contributed by atoms with Crippen LogP contribution in [-0.4, -0.2) is 12.5 Å². The third-order valence-corrected chi connectivity index (χ3v) is 3.18. The first kappa shape index (κ1) is 13.7.